The summed E-state index contributed by atoms with van der Waals surface area (Å²) in [4.78, 5) is 19.3. The zero-order valence-corrected chi connectivity index (χ0v) is 20.0. The number of benzene rings is 3. The molecule has 0 fully saturated rings. The normalized spacial score (nSPS) is 10.7. The summed E-state index contributed by atoms with van der Waals surface area (Å²) in [7, 11) is 1.56. The zero-order chi connectivity index (χ0) is 24.6. The zero-order valence-electron chi connectivity index (χ0n) is 19.2. The molecular weight excluding hydrogens is 467 g/mol. The average molecular weight is 493 g/mol. The number of carbonyl (C=O) groups is 1. The summed E-state index contributed by atoms with van der Waals surface area (Å²) in [6, 6.07) is 20.8. The van der Waals surface area contributed by atoms with Crippen molar-refractivity contribution in [3.8, 4) is 11.5 Å². The van der Waals surface area contributed by atoms with Crippen LogP contribution in [0.1, 0.15) is 32.2 Å². The lowest BCUT2D eigenvalue weighted by atomic mass is 10.1. The number of hydrogen-bond donors (Lipinski definition) is 1. The summed E-state index contributed by atoms with van der Waals surface area (Å²) in [6.45, 7) is 0.754. The van der Waals surface area contributed by atoms with Crippen LogP contribution in [0.15, 0.2) is 78.2 Å². The molecule has 0 aliphatic carbocycles. The van der Waals surface area contributed by atoms with Crippen molar-refractivity contribution >= 4 is 17.2 Å². The molecule has 4 rings (SSSR count). The number of aromatic nitrogens is 1. The fraction of sp³-hybridized carbons (Fsp3) is 0.185. The van der Waals surface area contributed by atoms with Gasteiger partial charge < -0.3 is 19.5 Å². The third-order valence-electron chi connectivity index (χ3n) is 5.29. The predicted molar refractivity (Wildman–Crippen MR) is 132 cm³/mol. The van der Waals surface area contributed by atoms with Gasteiger partial charge in [-0.15, -0.1) is 11.3 Å². The van der Waals surface area contributed by atoms with Crippen LogP contribution >= 0.6 is 11.3 Å². The van der Waals surface area contributed by atoms with Gasteiger partial charge in [0.1, 0.15) is 17.4 Å². The Bertz CT molecular complexity index is 1280. The molecule has 1 heterocycles. The molecule has 35 heavy (non-hydrogen) atoms. The standard InChI is InChI=1S/C27H25FN2O4S/c1-33-24-11-10-20(12-25(24)34-17-26-29-23(16-31)18-35-26)15-30(14-19-6-3-2-4-7-19)27(32)21-8-5-9-22(28)13-21/h2-13,18,31H,14-17H2,1H3. The minimum absolute atomic E-state index is 0.119. The molecule has 0 aliphatic rings. The number of rotatable bonds is 10. The lowest BCUT2D eigenvalue weighted by Gasteiger charge is -2.24. The maximum atomic E-state index is 13.8. The van der Waals surface area contributed by atoms with Crippen LogP contribution in [0.2, 0.25) is 0 Å². The Morgan fingerprint density at radius 1 is 1.00 bits per heavy atom. The molecule has 0 saturated carbocycles. The Hall–Kier alpha value is -3.75. The van der Waals surface area contributed by atoms with Gasteiger partial charge >= 0.3 is 0 Å². The van der Waals surface area contributed by atoms with Gasteiger partial charge in [-0.2, -0.15) is 0 Å². The van der Waals surface area contributed by atoms with Gasteiger partial charge in [0.25, 0.3) is 5.91 Å². The first-order valence-corrected chi connectivity index (χ1v) is 11.9. The number of nitrogens with zero attached hydrogens (tertiary/aromatic N) is 2. The summed E-state index contributed by atoms with van der Waals surface area (Å²) < 4.78 is 25.2. The molecular formula is C27H25FN2O4S. The second kappa shape index (κ2) is 11.6. The lowest BCUT2D eigenvalue weighted by Crippen LogP contribution is -2.30. The van der Waals surface area contributed by atoms with Crippen LogP contribution in [0, 0.1) is 5.82 Å². The van der Waals surface area contributed by atoms with E-state index in [1.165, 1.54) is 29.5 Å². The van der Waals surface area contributed by atoms with Crippen molar-refractivity contribution in [2.45, 2.75) is 26.3 Å². The summed E-state index contributed by atoms with van der Waals surface area (Å²) in [5.74, 6) is 0.343. The molecule has 0 saturated heterocycles. The number of amides is 1. The van der Waals surface area contributed by atoms with E-state index in [0.29, 0.717) is 23.7 Å². The number of carbonyl (C=O) groups excluding carboxylic acids is 1. The fourth-order valence-corrected chi connectivity index (χ4v) is 4.28. The van der Waals surface area contributed by atoms with E-state index in [-0.39, 0.29) is 31.2 Å². The van der Waals surface area contributed by atoms with Crippen LogP contribution in [0.4, 0.5) is 4.39 Å². The molecule has 0 spiro atoms. The highest BCUT2D eigenvalue weighted by Crippen LogP contribution is 2.30. The number of halogens is 1. The molecule has 0 aliphatic heterocycles. The van der Waals surface area contributed by atoms with E-state index in [9.17, 15) is 14.3 Å². The van der Waals surface area contributed by atoms with Crippen LogP contribution in [0.25, 0.3) is 0 Å². The number of hydrogen-bond acceptors (Lipinski definition) is 6. The van der Waals surface area contributed by atoms with E-state index in [2.05, 4.69) is 4.98 Å². The van der Waals surface area contributed by atoms with Crippen molar-refractivity contribution in [3.05, 3.63) is 111 Å². The summed E-state index contributed by atoms with van der Waals surface area (Å²) in [6.07, 6.45) is 0. The van der Waals surface area contributed by atoms with Crippen molar-refractivity contribution in [2.75, 3.05) is 7.11 Å². The molecule has 0 unspecified atom stereocenters. The molecule has 6 nitrogen and oxygen atoms in total. The van der Waals surface area contributed by atoms with Crippen LogP contribution in [0.5, 0.6) is 11.5 Å². The first-order chi connectivity index (χ1) is 17.1. The number of methoxy groups -OCH3 is 1. The first-order valence-electron chi connectivity index (χ1n) is 11.0. The third kappa shape index (κ3) is 6.44. The minimum atomic E-state index is -0.456. The van der Waals surface area contributed by atoms with E-state index < -0.39 is 5.82 Å². The highest BCUT2D eigenvalue weighted by Gasteiger charge is 2.19. The molecule has 1 N–H and O–H groups in total. The monoisotopic (exact) mass is 492 g/mol. The smallest absolute Gasteiger partial charge is 0.254 e. The Labute approximate surface area is 207 Å². The number of ether oxygens (including phenoxy) is 2. The maximum absolute atomic E-state index is 13.8. The Kier molecular flexibility index (Phi) is 8.07. The van der Waals surface area contributed by atoms with Gasteiger partial charge in [0.05, 0.1) is 19.4 Å². The van der Waals surface area contributed by atoms with Crippen molar-refractivity contribution in [1.29, 1.82) is 0 Å². The lowest BCUT2D eigenvalue weighted by molar-refractivity contribution is 0.0729. The molecule has 1 aromatic heterocycles. The maximum Gasteiger partial charge on any atom is 0.254 e. The molecule has 0 atom stereocenters. The van der Waals surface area contributed by atoms with Crippen LogP contribution in [0.3, 0.4) is 0 Å². The Morgan fingerprint density at radius 3 is 2.51 bits per heavy atom. The fourth-order valence-electron chi connectivity index (χ4n) is 3.59. The van der Waals surface area contributed by atoms with Gasteiger partial charge in [0.2, 0.25) is 0 Å². The summed E-state index contributed by atoms with van der Waals surface area (Å²) >= 11 is 1.41. The van der Waals surface area contributed by atoms with Gasteiger partial charge in [0.15, 0.2) is 11.5 Å². The van der Waals surface area contributed by atoms with Crippen molar-refractivity contribution in [2.24, 2.45) is 0 Å². The highest BCUT2D eigenvalue weighted by atomic mass is 32.1. The van der Waals surface area contributed by atoms with Gasteiger partial charge in [-0.05, 0) is 41.5 Å². The van der Waals surface area contributed by atoms with Crippen LogP contribution < -0.4 is 9.47 Å². The highest BCUT2D eigenvalue weighted by molar-refractivity contribution is 7.09. The van der Waals surface area contributed by atoms with E-state index in [1.54, 1.807) is 29.5 Å². The van der Waals surface area contributed by atoms with Crippen LogP contribution in [-0.4, -0.2) is 28.0 Å². The van der Waals surface area contributed by atoms with Gasteiger partial charge in [-0.3, -0.25) is 4.79 Å². The van der Waals surface area contributed by atoms with Crippen molar-refractivity contribution in [3.63, 3.8) is 0 Å². The number of aliphatic hydroxyl groups excluding tert-OH is 1. The van der Waals surface area contributed by atoms with E-state index in [1.807, 2.05) is 42.5 Å². The minimum Gasteiger partial charge on any atom is -0.493 e. The van der Waals surface area contributed by atoms with Gasteiger partial charge in [0, 0.05) is 24.0 Å². The molecule has 1 amide bonds. The van der Waals surface area contributed by atoms with Crippen LogP contribution in [-0.2, 0) is 26.3 Å². The van der Waals surface area contributed by atoms with Crippen molar-refractivity contribution in [1.82, 2.24) is 9.88 Å². The quantitative estimate of drug-likeness (QED) is 0.329. The largest absolute Gasteiger partial charge is 0.493 e. The average Bonchev–Trinajstić information content (AvgIpc) is 3.35. The molecule has 0 radical (unpaired) electrons. The van der Waals surface area contributed by atoms with E-state index >= 15 is 0 Å². The second-order valence-electron chi connectivity index (χ2n) is 7.82. The number of aliphatic hydroxyl groups is 1. The van der Waals surface area contributed by atoms with E-state index in [0.717, 1.165) is 16.1 Å². The summed E-state index contributed by atoms with van der Waals surface area (Å²) in [5.41, 5.74) is 2.68. The predicted octanol–water partition coefficient (Wildman–Crippen LogP) is 5.20. The van der Waals surface area contributed by atoms with Crippen molar-refractivity contribution < 1.29 is 23.8 Å². The topological polar surface area (TPSA) is 71.9 Å². The Morgan fingerprint density at radius 2 is 1.80 bits per heavy atom. The Balaban J connectivity index is 1.57. The summed E-state index contributed by atoms with van der Waals surface area (Å²) in [5, 5.41) is 11.7. The SMILES string of the molecule is COc1ccc(CN(Cc2ccccc2)C(=O)c2cccc(F)c2)cc1OCc1nc(CO)cs1. The third-order valence-corrected chi connectivity index (χ3v) is 6.16. The molecule has 3 aromatic carbocycles. The molecule has 8 heteroatoms. The number of thiazole rings is 1. The second-order valence-corrected chi connectivity index (χ2v) is 8.76. The van der Waals surface area contributed by atoms with Gasteiger partial charge in [-0.25, -0.2) is 9.37 Å². The van der Waals surface area contributed by atoms with Gasteiger partial charge in [-0.1, -0.05) is 42.5 Å². The van der Waals surface area contributed by atoms with E-state index in [4.69, 9.17) is 9.47 Å². The first kappa shape index (κ1) is 24.4. The molecule has 4 aromatic rings. The molecule has 0 bridgehead atoms. The molecule has 180 valence electrons.